The van der Waals surface area contributed by atoms with Crippen LogP contribution in [0.3, 0.4) is 0 Å². The first kappa shape index (κ1) is 20.0. The number of hydrogen-bond acceptors (Lipinski definition) is 2. The molecule has 140 valence electrons. The molecule has 26 heavy (non-hydrogen) atoms. The van der Waals surface area contributed by atoms with E-state index in [2.05, 4.69) is 31.3 Å². The van der Waals surface area contributed by atoms with Gasteiger partial charge in [-0.15, -0.1) is 0 Å². The second-order valence-electron chi connectivity index (χ2n) is 6.98. The Morgan fingerprint density at radius 2 is 1.88 bits per heavy atom. The molecule has 4 nitrogen and oxygen atoms in total. The molecule has 0 radical (unpaired) electrons. The van der Waals surface area contributed by atoms with E-state index < -0.39 is 0 Å². The average Bonchev–Trinajstić information content (AvgIpc) is 2.67. The second-order valence-corrected chi connectivity index (χ2v) is 6.98. The van der Waals surface area contributed by atoms with Gasteiger partial charge in [0.05, 0.1) is 14.2 Å². The van der Waals surface area contributed by atoms with Crippen LogP contribution in [0.4, 0.5) is 5.69 Å². The van der Waals surface area contributed by atoms with Crippen LogP contribution in [-0.4, -0.2) is 26.1 Å². The predicted octanol–water partition coefficient (Wildman–Crippen LogP) is 3.25. The molecular weight excluding hydrogens is 324 g/mol. The third-order valence-electron chi connectivity index (χ3n) is 5.11. The quantitative estimate of drug-likeness (QED) is 0.763. The van der Waals surface area contributed by atoms with Crippen LogP contribution in [0.2, 0.25) is 0 Å². The van der Waals surface area contributed by atoms with Gasteiger partial charge in [0.1, 0.15) is 12.3 Å². The van der Waals surface area contributed by atoms with Gasteiger partial charge in [0.15, 0.2) is 6.04 Å². The molecule has 2 N–H and O–H groups in total. The molecule has 0 spiro atoms. The molecule has 0 aromatic heterocycles. The van der Waals surface area contributed by atoms with Crippen LogP contribution in [0, 0.1) is 0 Å². The van der Waals surface area contributed by atoms with Crippen molar-refractivity contribution in [3.63, 3.8) is 0 Å². The number of benzene rings is 2. The maximum absolute atomic E-state index is 12.8. The predicted molar refractivity (Wildman–Crippen MR) is 107 cm³/mol. The van der Waals surface area contributed by atoms with Crippen LogP contribution in [0.15, 0.2) is 48.5 Å². The third-order valence-corrected chi connectivity index (χ3v) is 5.11. The summed E-state index contributed by atoms with van der Waals surface area (Å²) in [5, 5.41) is 3.13. The smallest absolute Gasteiger partial charge is 0.282 e. The fourth-order valence-corrected chi connectivity index (χ4v) is 2.98. The zero-order valence-electron chi connectivity index (χ0n) is 16.5. The molecule has 0 aliphatic rings. The molecule has 2 aromatic carbocycles. The number of nitrogens with one attached hydrogen (secondary N) is 2. The van der Waals surface area contributed by atoms with Crippen molar-refractivity contribution < 1.29 is 14.4 Å². The highest BCUT2D eigenvalue weighted by Gasteiger charge is 2.23. The van der Waals surface area contributed by atoms with Crippen molar-refractivity contribution in [2.24, 2.45) is 0 Å². The van der Waals surface area contributed by atoms with E-state index in [1.54, 1.807) is 7.11 Å². The number of anilines is 1. The Morgan fingerprint density at radius 1 is 1.15 bits per heavy atom. The Hall–Kier alpha value is -2.33. The fourth-order valence-electron chi connectivity index (χ4n) is 2.98. The first-order valence-corrected chi connectivity index (χ1v) is 9.31. The zero-order chi connectivity index (χ0) is 19.1. The minimum absolute atomic E-state index is 0.0427. The summed E-state index contributed by atoms with van der Waals surface area (Å²) in [6, 6.07) is 15.9. The van der Waals surface area contributed by atoms with Crippen molar-refractivity contribution >= 4 is 11.6 Å². The number of amides is 1. The Bertz CT molecular complexity index is 730. The standard InChI is InChI=1S/C22H30N2O2/c1-6-16(2)20-12-7-8-13-21(20)23-22(25)17(3)24(4)15-18-10-9-11-19(14-18)26-5/h7-14,16-17H,6,15H2,1-5H3,(H,23,25)/p+1/t16-,17-/m0/s1. The molecule has 4 heteroatoms. The van der Waals surface area contributed by atoms with E-state index in [-0.39, 0.29) is 11.9 Å². The minimum atomic E-state index is -0.161. The first-order valence-electron chi connectivity index (χ1n) is 9.31. The largest absolute Gasteiger partial charge is 0.497 e. The van der Waals surface area contributed by atoms with E-state index in [4.69, 9.17) is 4.74 Å². The van der Waals surface area contributed by atoms with Crippen LogP contribution in [0.1, 0.15) is 44.2 Å². The van der Waals surface area contributed by atoms with Gasteiger partial charge in [-0.05, 0) is 43.0 Å². The number of carbonyl (C=O) groups is 1. The molecule has 3 atom stereocenters. The summed E-state index contributed by atoms with van der Waals surface area (Å²) >= 11 is 0. The Labute approximate surface area is 157 Å². The topological polar surface area (TPSA) is 42.8 Å². The van der Waals surface area contributed by atoms with Gasteiger partial charge >= 0.3 is 0 Å². The molecule has 0 heterocycles. The number of methoxy groups -OCH3 is 1. The van der Waals surface area contributed by atoms with E-state index in [1.165, 1.54) is 5.56 Å². The molecule has 2 rings (SSSR count). The highest BCUT2D eigenvalue weighted by atomic mass is 16.5. The van der Waals surface area contributed by atoms with Crippen molar-refractivity contribution in [3.8, 4) is 5.75 Å². The zero-order valence-corrected chi connectivity index (χ0v) is 16.5. The van der Waals surface area contributed by atoms with Gasteiger partial charge in [-0.25, -0.2) is 0 Å². The summed E-state index contributed by atoms with van der Waals surface area (Å²) in [6.45, 7) is 7.09. The first-order chi connectivity index (χ1) is 12.5. The van der Waals surface area contributed by atoms with Crippen molar-refractivity contribution in [1.82, 2.24) is 0 Å². The average molecular weight is 356 g/mol. The lowest BCUT2D eigenvalue weighted by Crippen LogP contribution is -3.12. The normalized spacial score (nSPS) is 14.3. The second kappa shape index (κ2) is 9.39. The van der Waals surface area contributed by atoms with Crippen molar-refractivity contribution in [2.45, 2.75) is 45.7 Å². The summed E-state index contributed by atoms with van der Waals surface area (Å²) in [5.74, 6) is 1.31. The van der Waals surface area contributed by atoms with Crippen LogP contribution in [0.25, 0.3) is 0 Å². The molecule has 0 aliphatic heterocycles. The molecular formula is C22H31N2O2+. The van der Waals surface area contributed by atoms with Crippen LogP contribution < -0.4 is 15.0 Å². The molecule has 2 aromatic rings. The van der Waals surface area contributed by atoms with E-state index >= 15 is 0 Å². The van der Waals surface area contributed by atoms with Crippen LogP contribution >= 0.6 is 0 Å². The van der Waals surface area contributed by atoms with Crippen molar-refractivity contribution in [1.29, 1.82) is 0 Å². The lowest BCUT2D eigenvalue weighted by atomic mass is 9.97. The number of quaternary nitrogens is 1. The number of para-hydroxylation sites is 1. The van der Waals surface area contributed by atoms with Gasteiger partial charge in [-0.2, -0.15) is 0 Å². The maximum Gasteiger partial charge on any atom is 0.282 e. The van der Waals surface area contributed by atoms with E-state index in [0.717, 1.165) is 34.9 Å². The van der Waals surface area contributed by atoms with Gasteiger partial charge in [0.2, 0.25) is 0 Å². The number of likely N-dealkylation sites (N-methyl/N-ethyl adjacent to an activating group) is 1. The van der Waals surface area contributed by atoms with Gasteiger partial charge in [0.25, 0.3) is 5.91 Å². The molecule has 1 amide bonds. The van der Waals surface area contributed by atoms with Gasteiger partial charge in [-0.3, -0.25) is 4.79 Å². The molecule has 0 fully saturated rings. The number of ether oxygens (including phenoxy) is 1. The third kappa shape index (κ3) is 5.09. The Kier molecular flexibility index (Phi) is 7.22. The van der Waals surface area contributed by atoms with E-state index in [9.17, 15) is 4.79 Å². The number of rotatable bonds is 8. The lowest BCUT2D eigenvalue weighted by molar-refractivity contribution is -0.907. The van der Waals surface area contributed by atoms with E-state index in [0.29, 0.717) is 5.92 Å². The summed E-state index contributed by atoms with van der Waals surface area (Å²) < 4.78 is 5.28. The number of hydrogen-bond donors (Lipinski definition) is 2. The summed E-state index contributed by atoms with van der Waals surface area (Å²) in [5.41, 5.74) is 3.27. The molecule has 0 saturated heterocycles. The van der Waals surface area contributed by atoms with Gasteiger partial charge < -0.3 is 15.0 Å². The fraction of sp³-hybridized carbons (Fsp3) is 0.409. The molecule has 0 bridgehead atoms. The molecule has 0 saturated carbocycles. The van der Waals surface area contributed by atoms with Crippen molar-refractivity contribution in [2.75, 3.05) is 19.5 Å². The van der Waals surface area contributed by atoms with E-state index in [1.807, 2.05) is 50.4 Å². The minimum Gasteiger partial charge on any atom is -0.497 e. The van der Waals surface area contributed by atoms with Crippen molar-refractivity contribution in [3.05, 3.63) is 59.7 Å². The summed E-state index contributed by atoms with van der Waals surface area (Å²) in [7, 11) is 3.71. The summed E-state index contributed by atoms with van der Waals surface area (Å²) in [4.78, 5) is 13.9. The Balaban J connectivity index is 2.05. The maximum atomic E-state index is 12.8. The lowest BCUT2D eigenvalue weighted by Gasteiger charge is -2.22. The van der Waals surface area contributed by atoms with Gasteiger partial charge in [0, 0.05) is 11.3 Å². The van der Waals surface area contributed by atoms with Crippen LogP contribution in [-0.2, 0) is 11.3 Å². The van der Waals surface area contributed by atoms with Crippen LogP contribution in [0.5, 0.6) is 5.75 Å². The molecule has 1 unspecified atom stereocenters. The Morgan fingerprint density at radius 3 is 2.58 bits per heavy atom. The van der Waals surface area contributed by atoms with Gasteiger partial charge in [-0.1, -0.05) is 44.2 Å². The highest BCUT2D eigenvalue weighted by Crippen LogP contribution is 2.26. The number of carbonyl (C=O) groups excluding carboxylic acids is 1. The highest BCUT2D eigenvalue weighted by molar-refractivity contribution is 5.94. The molecule has 0 aliphatic carbocycles. The summed E-state index contributed by atoms with van der Waals surface area (Å²) in [6.07, 6.45) is 1.05. The SMILES string of the molecule is CC[C@H](C)c1ccccc1NC(=O)[C@H](C)[NH+](C)Cc1cccc(OC)c1. The monoisotopic (exact) mass is 355 g/mol.